The van der Waals surface area contributed by atoms with Gasteiger partial charge in [0.15, 0.2) is 0 Å². The van der Waals surface area contributed by atoms with Crippen LogP contribution < -0.4 is 5.32 Å². The minimum atomic E-state index is -0.480. The molecule has 4 nitrogen and oxygen atoms in total. The van der Waals surface area contributed by atoms with E-state index >= 15 is 0 Å². The van der Waals surface area contributed by atoms with Gasteiger partial charge in [-0.05, 0) is 48.3 Å². The Hall–Kier alpha value is -2.62. The van der Waals surface area contributed by atoms with Gasteiger partial charge in [0.05, 0.1) is 0 Å². The molecule has 0 unspecified atom stereocenters. The molecule has 0 bridgehead atoms. The molecule has 0 aliphatic rings. The fourth-order valence-corrected chi connectivity index (χ4v) is 3.67. The predicted octanol–water partition coefficient (Wildman–Crippen LogP) is 5.29. The van der Waals surface area contributed by atoms with Gasteiger partial charge < -0.3 is 10.2 Å². The number of unbranched alkanes of at least 4 members (excludes halogenated alkanes) is 1. The van der Waals surface area contributed by atoms with Gasteiger partial charge in [-0.15, -0.1) is 0 Å². The lowest BCUT2D eigenvalue weighted by Crippen LogP contribution is -2.49. The van der Waals surface area contributed by atoms with Crippen LogP contribution in [0.1, 0.15) is 70.6 Å². The summed E-state index contributed by atoms with van der Waals surface area (Å²) >= 11 is 0. The highest BCUT2D eigenvalue weighted by Crippen LogP contribution is 2.22. The van der Waals surface area contributed by atoms with E-state index in [1.165, 1.54) is 11.1 Å². The minimum Gasteiger partial charge on any atom is -0.354 e. The van der Waals surface area contributed by atoms with Crippen LogP contribution in [0.15, 0.2) is 54.6 Å². The summed E-state index contributed by atoms with van der Waals surface area (Å²) in [5.41, 5.74) is 3.72. The predicted molar refractivity (Wildman–Crippen MR) is 133 cm³/mol. The summed E-state index contributed by atoms with van der Waals surface area (Å²) in [5.74, 6) is -0.0478. The quantitative estimate of drug-likeness (QED) is 0.486. The van der Waals surface area contributed by atoms with Gasteiger partial charge in [0.1, 0.15) is 6.04 Å². The van der Waals surface area contributed by atoms with Crippen LogP contribution in [0.2, 0.25) is 0 Å². The Morgan fingerprint density at radius 1 is 0.938 bits per heavy atom. The third-order valence-corrected chi connectivity index (χ3v) is 5.93. The molecule has 0 radical (unpaired) electrons. The number of nitrogens with zero attached hydrogens (tertiary/aromatic N) is 1. The van der Waals surface area contributed by atoms with Crippen LogP contribution in [0, 0.1) is 0 Å². The molecule has 2 amide bonds. The fraction of sp³-hybridized carbons (Fsp3) is 0.500. The number of carbonyl (C=O) groups excluding carboxylic acids is 2. The third kappa shape index (κ3) is 8.14. The second kappa shape index (κ2) is 12.4. The standard InChI is InChI=1S/C28H40N2O2/c1-6-7-20-29-27(32)22(2)30(21-19-23-11-9-8-10-12-23)26(31)18-15-24-13-16-25(17-14-24)28(3,4)5/h8-14,16-17,22H,6-7,15,18-21H2,1-5H3,(H,29,32)/t22-/m0/s1. The zero-order valence-electron chi connectivity index (χ0n) is 20.5. The molecule has 0 fully saturated rings. The lowest BCUT2D eigenvalue weighted by Gasteiger charge is -2.29. The molecule has 0 aromatic heterocycles. The summed E-state index contributed by atoms with van der Waals surface area (Å²) in [4.78, 5) is 27.6. The first kappa shape index (κ1) is 25.6. The van der Waals surface area contributed by atoms with Gasteiger partial charge in [-0.25, -0.2) is 0 Å². The first-order chi connectivity index (χ1) is 15.2. The second-order valence-electron chi connectivity index (χ2n) is 9.59. The lowest BCUT2D eigenvalue weighted by atomic mass is 9.86. The highest BCUT2D eigenvalue weighted by Gasteiger charge is 2.25. The number of carbonyl (C=O) groups is 2. The van der Waals surface area contributed by atoms with E-state index in [-0.39, 0.29) is 17.2 Å². The Morgan fingerprint density at radius 3 is 2.16 bits per heavy atom. The van der Waals surface area contributed by atoms with Crippen molar-refractivity contribution < 1.29 is 9.59 Å². The molecule has 4 heteroatoms. The van der Waals surface area contributed by atoms with E-state index in [2.05, 4.69) is 69.4 Å². The molecule has 2 aromatic rings. The molecular formula is C28H40N2O2. The van der Waals surface area contributed by atoms with Gasteiger partial charge in [0, 0.05) is 19.5 Å². The van der Waals surface area contributed by atoms with E-state index in [4.69, 9.17) is 0 Å². The number of hydrogen-bond donors (Lipinski definition) is 1. The largest absolute Gasteiger partial charge is 0.354 e. The maximum Gasteiger partial charge on any atom is 0.242 e. The molecule has 32 heavy (non-hydrogen) atoms. The van der Waals surface area contributed by atoms with Gasteiger partial charge in [-0.1, -0.05) is 88.7 Å². The molecule has 0 saturated heterocycles. The summed E-state index contributed by atoms with van der Waals surface area (Å²) < 4.78 is 0. The van der Waals surface area contributed by atoms with Crippen LogP contribution in [-0.2, 0) is 27.8 Å². The number of benzene rings is 2. The van der Waals surface area contributed by atoms with Crippen molar-refractivity contribution in [3.63, 3.8) is 0 Å². The molecule has 0 saturated carbocycles. The Labute approximate surface area is 194 Å². The van der Waals surface area contributed by atoms with E-state index in [0.29, 0.717) is 25.9 Å². The van der Waals surface area contributed by atoms with Crippen molar-refractivity contribution >= 4 is 11.8 Å². The molecule has 1 N–H and O–H groups in total. The van der Waals surface area contributed by atoms with E-state index in [1.54, 1.807) is 4.90 Å². The van der Waals surface area contributed by atoms with Crippen LogP contribution in [0.5, 0.6) is 0 Å². The number of nitrogens with one attached hydrogen (secondary N) is 1. The van der Waals surface area contributed by atoms with Gasteiger partial charge in [-0.2, -0.15) is 0 Å². The van der Waals surface area contributed by atoms with E-state index in [9.17, 15) is 9.59 Å². The molecular weight excluding hydrogens is 396 g/mol. The average molecular weight is 437 g/mol. The summed E-state index contributed by atoms with van der Waals surface area (Å²) in [5, 5.41) is 2.98. The monoisotopic (exact) mass is 436 g/mol. The molecule has 0 aliphatic heterocycles. The summed E-state index contributed by atoms with van der Waals surface area (Å²) in [6.07, 6.45) is 3.78. The van der Waals surface area contributed by atoms with Crippen LogP contribution in [-0.4, -0.2) is 35.8 Å². The van der Waals surface area contributed by atoms with Gasteiger partial charge in [0.25, 0.3) is 0 Å². The van der Waals surface area contributed by atoms with Crippen LogP contribution >= 0.6 is 0 Å². The van der Waals surface area contributed by atoms with Crippen molar-refractivity contribution in [2.45, 2.75) is 78.2 Å². The lowest BCUT2D eigenvalue weighted by molar-refractivity contribution is -0.139. The first-order valence-electron chi connectivity index (χ1n) is 11.9. The van der Waals surface area contributed by atoms with Gasteiger partial charge >= 0.3 is 0 Å². The van der Waals surface area contributed by atoms with Gasteiger partial charge in [0.2, 0.25) is 11.8 Å². The van der Waals surface area contributed by atoms with Crippen molar-refractivity contribution in [2.24, 2.45) is 0 Å². The third-order valence-electron chi connectivity index (χ3n) is 5.93. The number of amides is 2. The average Bonchev–Trinajstić information content (AvgIpc) is 2.78. The maximum absolute atomic E-state index is 13.2. The minimum absolute atomic E-state index is 0.0268. The Kier molecular flexibility index (Phi) is 9.96. The Bertz CT molecular complexity index is 838. The van der Waals surface area contributed by atoms with E-state index in [1.807, 2.05) is 25.1 Å². The normalized spacial score (nSPS) is 12.3. The van der Waals surface area contributed by atoms with Crippen molar-refractivity contribution in [1.29, 1.82) is 0 Å². The van der Waals surface area contributed by atoms with Crippen LogP contribution in [0.4, 0.5) is 0 Å². The van der Waals surface area contributed by atoms with Gasteiger partial charge in [-0.3, -0.25) is 9.59 Å². The molecule has 0 spiro atoms. The van der Waals surface area contributed by atoms with Crippen molar-refractivity contribution in [1.82, 2.24) is 10.2 Å². The fourth-order valence-electron chi connectivity index (χ4n) is 3.67. The SMILES string of the molecule is CCCCNC(=O)[C@H](C)N(CCc1ccccc1)C(=O)CCc1ccc(C(C)(C)C)cc1. The van der Waals surface area contributed by atoms with Crippen molar-refractivity contribution in [3.8, 4) is 0 Å². The highest BCUT2D eigenvalue weighted by atomic mass is 16.2. The van der Waals surface area contributed by atoms with Crippen LogP contribution in [0.3, 0.4) is 0 Å². The van der Waals surface area contributed by atoms with Crippen molar-refractivity contribution in [2.75, 3.05) is 13.1 Å². The molecule has 1 atom stereocenters. The Balaban J connectivity index is 2.03. The zero-order chi connectivity index (χ0) is 23.6. The summed E-state index contributed by atoms with van der Waals surface area (Å²) in [7, 11) is 0. The molecule has 2 aromatic carbocycles. The van der Waals surface area contributed by atoms with Crippen molar-refractivity contribution in [3.05, 3.63) is 71.3 Å². The molecule has 0 heterocycles. The number of rotatable bonds is 11. The summed E-state index contributed by atoms with van der Waals surface area (Å²) in [6.45, 7) is 11.7. The first-order valence-corrected chi connectivity index (χ1v) is 11.9. The van der Waals surface area contributed by atoms with E-state index < -0.39 is 6.04 Å². The van der Waals surface area contributed by atoms with E-state index in [0.717, 1.165) is 24.8 Å². The van der Waals surface area contributed by atoms with Crippen LogP contribution in [0.25, 0.3) is 0 Å². The second-order valence-corrected chi connectivity index (χ2v) is 9.59. The number of aryl methyl sites for hydroxylation is 1. The molecule has 2 rings (SSSR count). The summed E-state index contributed by atoms with van der Waals surface area (Å²) in [6, 6.07) is 18.2. The molecule has 0 aliphatic carbocycles. The maximum atomic E-state index is 13.2. The molecule has 174 valence electrons. The number of hydrogen-bond acceptors (Lipinski definition) is 2. The highest BCUT2D eigenvalue weighted by molar-refractivity contribution is 5.87. The smallest absolute Gasteiger partial charge is 0.242 e. The Morgan fingerprint density at radius 2 is 1.56 bits per heavy atom. The zero-order valence-corrected chi connectivity index (χ0v) is 20.5. The topological polar surface area (TPSA) is 49.4 Å².